The van der Waals surface area contributed by atoms with Crippen molar-refractivity contribution in [3.8, 4) is 0 Å². The van der Waals surface area contributed by atoms with Gasteiger partial charge in [-0.25, -0.2) is 17.9 Å². The Balaban J connectivity index is 1.63. The maximum Gasteiger partial charge on any atom is 0.338 e. The Morgan fingerprint density at radius 3 is 2.41 bits per heavy atom. The smallest absolute Gasteiger partial charge is 0.338 e. The van der Waals surface area contributed by atoms with Gasteiger partial charge in [0, 0.05) is 24.8 Å². The summed E-state index contributed by atoms with van der Waals surface area (Å²) < 4.78 is 31.2. The summed E-state index contributed by atoms with van der Waals surface area (Å²) in [5, 5.41) is 0. The van der Waals surface area contributed by atoms with E-state index in [1.807, 2.05) is 0 Å². The van der Waals surface area contributed by atoms with Crippen molar-refractivity contribution in [3.05, 3.63) is 59.2 Å². The van der Waals surface area contributed by atoms with E-state index in [-0.39, 0.29) is 29.3 Å². The third kappa shape index (κ3) is 4.36. The average molecular weight is 416 g/mol. The number of amides is 1. The first kappa shape index (κ1) is 20.7. The first-order valence-corrected chi connectivity index (χ1v) is 10.4. The van der Waals surface area contributed by atoms with Crippen molar-refractivity contribution in [1.29, 1.82) is 0 Å². The normalized spacial score (nSPS) is 13.3. The lowest BCUT2D eigenvalue weighted by Crippen LogP contribution is -2.23. The number of sulfonamides is 1. The highest BCUT2D eigenvalue weighted by molar-refractivity contribution is 7.89. The minimum atomic E-state index is -3.61. The molecule has 0 atom stereocenters. The van der Waals surface area contributed by atoms with Crippen LogP contribution in [-0.2, 0) is 26.0 Å². The second kappa shape index (κ2) is 8.14. The summed E-state index contributed by atoms with van der Waals surface area (Å²) in [6, 6.07) is 10.2. The Hall–Kier alpha value is -3.04. The fourth-order valence-electron chi connectivity index (χ4n) is 2.98. The molecule has 0 saturated heterocycles. The highest BCUT2D eigenvalue weighted by Crippen LogP contribution is 2.28. The highest BCUT2D eigenvalue weighted by atomic mass is 32.2. The number of anilines is 1. The fraction of sp³-hybridized carbons (Fsp3) is 0.250. The van der Waals surface area contributed by atoms with Crippen LogP contribution in [0.1, 0.15) is 33.2 Å². The number of ketones is 1. The number of carbonyl (C=O) groups excluding carboxylic acids is 3. The summed E-state index contributed by atoms with van der Waals surface area (Å²) in [6.45, 7) is 1.46. The minimum absolute atomic E-state index is 0.0321. The summed E-state index contributed by atoms with van der Waals surface area (Å²) in [5.41, 5.74) is 2.00. The summed E-state index contributed by atoms with van der Waals surface area (Å²) in [4.78, 5) is 37.8. The lowest BCUT2D eigenvalue weighted by atomic mass is 10.1. The molecule has 8 nitrogen and oxygen atoms in total. The molecule has 1 aliphatic rings. The van der Waals surface area contributed by atoms with Crippen molar-refractivity contribution in [3.63, 3.8) is 0 Å². The number of hydrogen-bond acceptors (Lipinski definition) is 6. The van der Waals surface area contributed by atoms with Crippen LogP contribution in [0.3, 0.4) is 0 Å². The number of ether oxygens (including phenoxy) is 1. The lowest BCUT2D eigenvalue weighted by Gasteiger charge is -2.10. The molecule has 152 valence electrons. The van der Waals surface area contributed by atoms with Gasteiger partial charge in [-0.05, 0) is 48.0 Å². The van der Waals surface area contributed by atoms with Crippen LogP contribution in [0.4, 0.5) is 5.69 Å². The topological polar surface area (TPSA) is 110 Å². The summed E-state index contributed by atoms with van der Waals surface area (Å²) in [5.74, 6) is -1.17. The molecule has 0 aromatic heterocycles. The van der Waals surface area contributed by atoms with Gasteiger partial charge in [-0.15, -0.1) is 0 Å². The van der Waals surface area contributed by atoms with Gasteiger partial charge >= 0.3 is 5.97 Å². The van der Waals surface area contributed by atoms with Gasteiger partial charge in [0.05, 0.1) is 16.9 Å². The molecule has 0 fully saturated rings. The van der Waals surface area contributed by atoms with Crippen LogP contribution in [0.15, 0.2) is 47.4 Å². The second-order valence-electron chi connectivity index (χ2n) is 6.50. The van der Waals surface area contributed by atoms with Crippen molar-refractivity contribution in [2.24, 2.45) is 0 Å². The summed E-state index contributed by atoms with van der Waals surface area (Å²) in [6.07, 6.45) is 0.231. The zero-order chi connectivity index (χ0) is 21.2. The number of nitrogens with one attached hydrogen (secondary N) is 1. The Bertz CT molecular complexity index is 1080. The number of nitrogens with zero attached hydrogens (tertiary/aromatic N) is 1. The quantitative estimate of drug-likeness (QED) is 0.542. The Kier molecular flexibility index (Phi) is 5.81. The molecule has 2 aromatic rings. The monoisotopic (exact) mass is 416 g/mol. The van der Waals surface area contributed by atoms with Gasteiger partial charge in [0.15, 0.2) is 12.4 Å². The molecule has 0 saturated carbocycles. The molecular formula is C20H20N2O6S. The zero-order valence-corrected chi connectivity index (χ0v) is 16.8. The molecule has 29 heavy (non-hydrogen) atoms. The third-order valence-electron chi connectivity index (χ3n) is 4.55. The van der Waals surface area contributed by atoms with Crippen LogP contribution in [-0.4, -0.2) is 46.3 Å². The fourth-order valence-corrected chi connectivity index (χ4v) is 4.03. The van der Waals surface area contributed by atoms with Gasteiger partial charge < -0.3 is 9.64 Å². The van der Waals surface area contributed by atoms with Crippen LogP contribution in [0.5, 0.6) is 0 Å². The standard InChI is InChI=1S/C20H20N2O6S/c1-3-21-29(26,27)16-7-4-13(5-8-16)20(25)28-12-18(23)14-6-9-17-15(10-14)11-19(24)22(17)2/h4-10,21H,3,11-12H2,1-2H3. The highest BCUT2D eigenvalue weighted by Gasteiger charge is 2.25. The summed E-state index contributed by atoms with van der Waals surface area (Å²) in [7, 11) is -1.94. The molecule has 0 radical (unpaired) electrons. The molecule has 0 unspecified atom stereocenters. The van der Waals surface area contributed by atoms with Crippen LogP contribution >= 0.6 is 0 Å². The van der Waals surface area contributed by atoms with E-state index < -0.39 is 28.4 Å². The Morgan fingerprint density at radius 2 is 1.76 bits per heavy atom. The predicted molar refractivity (Wildman–Crippen MR) is 105 cm³/mol. The largest absolute Gasteiger partial charge is 0.454 e. The number of benzene rings is 2. The van der Waals surface area contributed by atoms with Crippen molar-refractivity contribution in [2.75, 3.05) is 25.1 Å². The van der Waals surface area contributed by atoms with E-state index in [2.05, 4.69) is 4.72 Å². The van der Waals surface area contributed by atoms with Gasteiger partial charge in [-0.1, -0.05) is 6.92 Å². The van der Waals surface area contributed by atoms with E-state index in [1.165, 1.54) is 29.2 Å². The zero-order valence-electron chi connectivity index (χ0n) is 16.0. The van der Waals surface area contributed by atoms with Crippen LogP contribution in [0.25, 0.3) is 0 Å². The number of hydrogen-bond donors (Lipinski definition) is 1. The number of likely N-dealkylation sites (N-methyl/N-ethyl adjacent to an activating group) is 1. The minimum Gasteiger partial charge on any atom is -0.454 e. The van der Waals surface area contributed by atoms with Gasteiger partial charge in [-0.3, -0.25) is 9.59 Å². The van der Waals surface area contributed by atoms with E-state index in [0.717, 1.165) is 11.3 Å². The first-order chi connectivity index (χ1) is 13.7. The van der Waals surface area contributed by atoms with Crippen molar-refractivity contribution >= 4 is 33.4 Å². The van der Waals surface area contributed by atoms with Crippen molar-refractivity contribution < 1.29 is 27.5 Å². The van der Waals surface area contributed by atoms with E-state index in [0.29, 0.717) is 5.56 Å². The van der Waals surface area contributed by atoms with Crippen LogP contribution in [0.2, 0.25) is 0 Å². The first-order valence-electron chi connectivity index (χ1n) is 8.92. The van der Waals surface area contributed by atoms with Crippen molar-refractivity contribution in [2.45, 2.75) is 18.2 Å². The predicted octanol–water partition coefficient (Wildman–Crippen LogP) is 1.54. The molecule has 0 spiro atoms. The number of carbonyl (C=O) groups is 3. The van der Waals surface area contributed by atoms with Crippen molar-refractivity contribution in [1.82, 2.24) is 4.72 Å². The number of fused-ring (bicyclic) bond motifs is 1. The Morgan fingerprint density at radius 1 is 1.10 bits per heavy atom. The molecule has 1 amide bonds. The maximum absolute atomic E-state index is 12.3. The second-order valence-corrected chi connectivity index (χ2v) is 8.26. The number of rotatable bonds is 7. The molecule has 9 heteroatoms. The molecule has 0 aliphatic carbocycles. The van der Waals surface area contributed by atoms with Crippen LogP contribution in [0, 0.1) is 0 Å². The number of Topliss-reactive ketones (excluding diaryl/α,β-unsaturated/α-hetero) is 1. The SMILES string of the molecule is CCNS(=O)(=O)c1ccc(C(=O)OCC(=O)c2ccc3c(c2)CC(=O)N3C)cc1. The van der Waals surface area contributed by atoms with E-state index in [9.17, 15) is 22.8 Å². The van der Waals surface area contributed by atoms with Crippen LogP contribution < -0.4 is 9.62 Å². The molecule has 1 aliphatic heterocycles. The Labute approximate surface area is 168 Å². The number of esters is 1. The molecule has 2 aromatic carbocycles. The van der Waals surface area contributed by atoms with Gasteiger partial charge in [-0.2, -0.15) is 0 Å². The summed E-state index contributed by atoms with van der Waals surface area (Å²) >= 11 is 0. The van der Waals surface area contributed by atoms with E-state index in [4.69, 9.17) is 4.74 Å². The molecular weight excluding hydrogens is 396 g/mol. The molecule has 1 N–H and O–H groups in total. The third-order valence-corrected chi connectivity index (χ3v) is 6.11. The molecule has 0 bridgehead atoms. The molecule has 1 heterocycles. The van der Waals surface area contributed by atoms with Gasteiger partial charge in [0.1, 0.15) is 0 Å². The van der Waals surface area contributed by atoms with E-state index >= 15 is 0 Å². The average Bonchev–Trinajstić information content (AvgIpc) is 2.99. The lowest BCUT2D eigenvalue weighted by molar-refractivity contribution is -0.117. The van der Waals surface area contributed by atoms with E-state index in [1.54, 1.807) is 32.2 Å². The van der Waals surface area contributed by atoms with Gasteiger partial charge in [0.25, 0.3) is 0 Å². The molecule has 3 rings (SSSR count). The maximum atomic E-state index is 12.3. The van der Waals surface area contributed by atoms with Gasteiger partial charge in [0.2, 0.25) is 15.9 Å².